The zero-order valence-electron chi connectivity index (χ0n) is 6.92. The Bertz CT molecular complexity index is 316. The number of hydrogen-bond acceptors (Lipinski definition) is 1. The lowest BCUT2D eigenvalue weighted by atomic mass is 10.1. The third-order valence-corrected chi connectivity index (χ3v) is 2.39. The van der Waals surface area contributed by atoms with Crippen molar-refractivity contribution in [2.75, 3.05) is 0 Å². The summed E-state index contributed by atoms with van der Waals surface area (Å²) in [6.45, 7) is 5.75. The molecule has 0 amide bonds. The molecule has 0 radical (unpaired) electrons. The van der Waals surface area contributed by atoms with Gasteiger partial charge < -0.3 is 0 Å². The van der Waals surface area contributed by atoms with Gasteiger partial charge in [-0.3, -0.25) is 0 Å². The zero-order chi connectivity index (χ0) is 8.97. The van der Waals surface area contributed by atoms with Crippen LogP contribution >= 0.6 is 22.6 Å². The normalized spacial score (nSPS) is 10.5. The fourth-order valence-electron chi connectivity index (χ4n) is 0.971. The number of aromatic nitrogens is 1. The van der Waals surface area contributed by atoms with E-state index in [2.05, 4.69) is 34.2 Å². The van der Waals surface area contributed by atoms with E-state index in [0.29, 0.717) is 0 Å². The molecular weight excluding hydrogens is 261 g/mol. The molecule has 12 heavy (non-hydrogen) atoms. The minimum Gasteiger partial charge on any atom is -0.250 e. The standard InChI is InChI=1S/C10H10IN/c1-3-5-9-8(4-2)6-7-12-10(9)11/h3-7H,2H2,1H3/b5-3-. The summed E-state index contributed by atoms with van der Waals surface area (Å²) in [5.41, 5.74) is 2.28. The Morgan fingerprint density at radius 1 is 1.58 bits per heavy atom. The summed E-state index contributed by atoms with van der Waals surface area (Å²) >= 11 is 2.22. The van der Waals surface area contributed by atoms with E-state index in [-0.39, 0.29) is 0 Å². The number of halogens is 1. The lowest BCUT2D eigenvalue weighted by Crippen LogP contribution is -1.88. The van der Waals surface area contributed by atoms with E-state index in [9.17, 15) is 0 Å². The molecule has 0 atom stereocenters. The molecule has 0 spiro atoms. The second-order valence-corrected chi connectivity index (χ2v) is 3.33. The van der Waals surface area contributed by atoms with Crippen molar-refractivity contribution in [1.82, 2.24) is 4.98 Å². The van der Waals surface area contributed by atoms with Crippen molar-refractivity contribution < 1.29 is 0 Å². The SMILES string of the molecule is C=Cc1ccnc(I)c1/C=C\C. The molecule has 0 aliphatic carbocycles. The monoisotopic (exact) mass is 271 g/mol. The van der Waals surface area contributed by atoms with Gasteiger partial charge in [-0.05, 0) is 41.1 Å². The van der Waals surface area contributed by atoms with Crippen LogP contribution in [-0.4, -0.2) is 4.98 Å². The Hall–Kier alpha value is -0.640. The Kier molecular flexibility index (Phi) is 3.47. The Labute approximate surface area is 86.4 Å². The van der Waals surface area contributed by atoms with Crippen LogP contribution in [0.4, 0.5) is 0 Å². The summed E-state index contributed by atoms with van der Waals surface area (Å²) in [6, 6.07) is 1.96. The van der Waals surface area contributed by atoms with Gasteiger partial charge in [0.1, 0.15) is 3.70 Å². The van der Waals surface area contributed by atoms with Crippen molar-refractivity contribution in [2.24, 2.45) is 0 Å². The molecule has 0 saturated carbocycles. The molecule has 2 heteroatoms. The third-order valence-electron chi connectivity index (χ3n) is 1.53. The van der Waals surface area contributed by atoms with Gasteiger partial charge in [-0.1, -0.05) is 24.8 Å². The van der Waals surface area contributed by atoms with Crippen LogP contribution in [0.3, 0.4) is 0 Å². The molecule has 0 aliphatic heterocycles. The molecule has 0 unspecified atom stereocenters. The highest BCUT2D eigenvalue weighted by Crippen LogP contribution is 2.17. The van der Waals surface area contributed by atoms with Gasteiger partial charge in [-0.25, -0.2) is 4.98 Å². The fourth-order valence-corrected chi connectivity index (χ4v) is 1.62. The summed E-state index contributed by atoms with van der Waals surface area (Å²) in [7, 11) is 0. The number of hydrogen-bond donors (Lipinski definition) is 0. The van der Waals surface area contributed by atoms with Crippen LogP contribution in [0.15, 0.2) is 24.9 Å². The second kappa shape index (κ2) is 4.40. The van der Waals surface area contributed by atoms with Crippen molar-refractivity contribution >= 4 is 34.7 Å². The topological polar surface area (TPSA) is 12.9 Å². The van der Waals surface area contributed by atoms with Gasteiger partial charge in [-0.15, -0.1) is 0 Å². The molecule has 0 fully saturated rings. The van der Waals surface area contributed by atoms with Crippen LogP contribution in [0.25, 0.3) is 12.2 Å². The third kappa shape index (κ3) is 1.94. The maximum Gasteiger partial charge on any atom is 0.109 e. The van der Waals surface area contributed by atoms with Gasteiger partial charge >= 0.3 is 0 Å². The first-order valence-corrected chi connectivity index (χ1v) is 4.77. The lowest BCUT2D eigenvalue weighted by Gasteiger charge is -2.01. The van der Waals surface area contributed by atoms with Crippen molar-refractivity contribution in [3.63, 3.8) is 0 Å². The predicted molar refractivity (Wildman–Crippen MR) is 61.8 cm³/mol. The fraction of sp³-hybridized carbons (Fsp3) is 0.100. The Morgan fingerprint density at radius 2 is 2.33 bits per heavy atom. The average Bonchev–Trinajstić information content (AvgIpc) is 2.09. The van der Waals surface area contributed by atoms with E-state index in [4.69, 9.17) is 0 Å². The summed E-state index contributed by atoms with van der Waals surface area (Å²) in [5, 5.41) is 0. The van der Waals surface area contributed by atoms with Gasteiger partial charge in [0.25, 0.3) is 0 Å². The Balaban J connectivity index is 3.28. The molecular formula is C10H10IN. The molecule has 0 aromatic carbocycles. The van der Waals surface area contributed by atoms with Crippen LogP contribution in [0.5, 0.6) is 0 Å². The largest absolute Gasteiger partial charge is 0.250 e. The maximum absolute atomic E-state index is 4.19. The lowest BCUT2D eigenvalue weighted by molar-refractivity contribution is 1.25. The average molecular weight is 271 g/mol. The number of allylic oxidation sites excluding steroid dienone is 1. The minimum absolute atomic E-state index is 1.02. The summed E-state index contributed by atoms with van der Waals surface area (Å²) in [5.74, 6) is 0. The van der Waals surface area contributed by atoms with Crippen LogP contribution in [0.1, 0.15) is 18.1 Å². The molecule has 0 N–H and O–H groups in total. The highest BCUT2D eigenvalue weighted by molar-refractivity contribution is 14.1. The summed E-state index contributed by atoms with van der Waals surface area (Å²) in [4.78, 5) is 4.19. The zero-order valence-corrected chi connectivity index (χ0v) is 9.08. The molecule has 1 rings (SSSR count). The first kappa shape index (κ1) is 9.45. The van der Waals surface area contributed by atoms with E-state index in [1.807, 2.05) is 31.2 Å². The van der Waals surface area contributed by atoms with Crippen molar-refractivity contribution in [3.8, 4) is 0 Å². The first-order chi connectivity index (χ1) is 5.79. The quantitative estimate of drug-likeness (QED) is 0.593. The second-order valence-electron chi connectivity index (χ2n) is 2.31. The predicted octanol–water partition coefficient (Wildman–Crippen LogP) is 3.36. The molecule has 0 saturated heterocycles. The number of nitrogens with zero attached hydrogens (tertiary/aromatic N) is 1. The number of rotatable bonds is 2. The van der Waals surface area contributed by atoms with E-state index in [0.717, 1.165) is 14.8 Å². The van der Waals surface area contributed by atoms with Gasteiger partial charge in [0.2, 0.25) is 0 Å². The van der Waals surface area contributed by atoms with Gasteiger partial charge in [0, 0.05) is 11.8 Å². The van der Waals surface area contributed by atoms with E-state index in [1.165, 1.54) is 0 Å². The van der Waals surface area contributed by atoms with Crippen molar-refractivity contribution in [2.45, 2.75) is 6.92 Å². The van der Waals surface area contributed by atoms with Crippen LogP contribution in [0, 0.1) is 3.70 Å². The smallest absolute Gasteiger partial charge is 0.109 e. The van der Waals surface area contributed by atoms with Crippen molar-refractivity contribution in [3.05, 3.63) is 39.7 Å². The molecule has 1 aromatic heterocycles. The molecule has 62 valence electrons. The molecule has 0 aliphatic rings. The van der Waals surface area contributed by atoms with E-state index in [1.54, 1.807) is 6.20 Å². The molecule has 0 bridgehead atoms. The van der Waals surface area contributed by atoms with Gasteiger partial charge in [0.15, 0.2) is 0 Å². The summed E-state index contributed by atoms with van der Waals surface area (Å²) < 4.78 is 1.02. The molecule has 1 aromatic rings. The Morgan fingerprint density at radius 3 is 2.92 bits per heavy atom. The highest BCUT2D eigenvalue weighted by Gasteiger charge is 1.99. The van der Waals surface area contributed by atoms with Crippen LogP contribution in [0.2, 0.25) is 0 Å². The van der Waals surface area contributed by atoms with E-state index >= 15 is 0 Å². The van der Waals surface area contributed by atoms with Gasteiger partial charge in [0.05, 0.1) is 0 Å². The number of pyridine rings is 1. The van der Waals surface area contributed by atoms with E-state index < -0.39 is 0 Å². The van der Waals surface area contributed by atoms with Crippen molar-refractivity contribution in [1.29, 1.82) is 0 Å². The summed E-state index contributed by atoms with van der Waals surface area (Å²) in [6.07, 6.45) is 7.70. The highest BCUT2D eigenvalue weighted by atomic mass is 127. The maximum atomic E-state index is 4.19. The minimum atomic E-state index is 1.02. The van der Waals surface area contributed by atoms with Crippen LogP contribution in [-0.2, 0) is 0 Å². The molecule has 1 nitrogen and oxygen atoms in total. The first-order valence-electron chi connectivity index (χ1n) is 3.69. The van der Waals surface area contributed by atoms with Gasteiger partial charge in [-0.2, -0.15) is 0 Å². The van der Waals surface area contributed by atoms with Crippen LogP contribution < -0.4 is 0 Å². The molecule has 1 heterocycles.